The van der Waals surface area contributed by atoms with Gasteiger partial charge in [0.25, 0.3) is 0 Å². The van der Waals surface area contributed by atoms with Crippen LogP contribution in [0, 0.1) is 0 Å². The molecule has 0 aliphatic carbocycles. The quantitative estimate of drug-likeness (QED) is 0.263. The maximum absolute atomic E-state index is 12.5. The number of hydrogen-bond donors (Lipinski definition) is 5. The largest absolute Gasteiger partial charge is 0.481 e. The van der Waals surface area contributed by atoms with Crippen molar-refractivity contribution < 1.29 is 24.3 Å². The number of carboxylic acids is 1. The molecule has 29 heavy (non-hydrogen) atoms. The summed E-state index contributed by atoms with van der Waals surface area (Å²) in [6, 6.07) is 6.27. The topological polar surface area (TPSA) is 165 Å². The van der Waals surface area contributed by atoms with E-state index in [0.29, 0.717) is 25.8 Å². The maximum atomic E-state index is 12.5. The Hall–Kier alpha value is -2.78. The van der Waals surface area contributed by atoms with Crippen LogP contribution >= 0.6 is 0 Å². The first kappa shape index (κ1) is 24.3. The molecule has 0 aliphatic rings. The first-order chi connectivity index (χ1) is 13.9. The van der Waals surface area contributed by atoms with Crippen LogP contribution in [0.1, 0.15) is 37.7 Å². The fourth-order valence-corrected chi connectivity index (χ4v) is 2.70. The predicted molar refractivity (Wildman–Crippen MR) is 107 cm³/mol. The molecular formula is C20H29N4O5. The zero-order valence-corrected chi connectivity index (χ0v) is 16.3. The van der Waals surface area contributed by atoms with Crippen molar-refractivity contribution in [2.24, 2.45) is 11.5 Å². The van der Waals surface area contributed by atoms with Gasteiger partial charge in [-0.25, -0.2) is 0 Å². The number of benzene rings is 1. The molecule has 0 saturated carbocycles. The van der Waals surface area contributed by atoms with Gasteiger partial charge in [0.2, 0.25) is 18.1 Å². The summed E-state index contributed by atoms with van der Waals surface area (Å²) in [4.78, 5) is 46.9. The molecule has 0 heterocycles. The van der Waals surface area contributed by atoms with Crippen LogP contribution in [0.3, 0.4) is 0 Å². The molecule has 3 atom stereocenters. The van der Waals surface area contributed by atoms with E-state index in [0.717, 1.165) is 5.56 Å². The van der Waals surface area contributed by atoms with Crippen LogP contribution in [-0.4, -0.2) is 53.8 Å². The summed E-state index contributed by atoms with van der Waals surface area (Å²) in [6.45, 7) is 0.468. The number of carbonyl (C=O) groups is 3. The van der Waals surface area contributed by atoms with Crippen molar-refractivity contribution in [3.05, 3.63) is 35.9 Å². The van der Waals surface area contributed by atoms with E-state index in [1.54, 1.807) is 6.29 Å². The first-order valence-electron chi connectivity index (χ1n) is 9.57. The lowest BCUT2D eigenvalue weighted by Gasteiger charge is -2.22. The van der Waals surface area contributed by atoms with Gasteiger partial charge in [-0.05, 0) is 44.2 Å². The van der Waals surface area contributed by atoms with Crippen molar-refractivity contribution in [3.63, 3.8) is 0 Å². The molecular weight excluding hydrogens is 376 g/mol. The Morgan fingerprint density at radius 1 is 1.03 bits per heavy atom. The fraction of sp³-hybridized carbons (Fsp3) is 0.500. The Balaban J connectivity index is 2.71. The van der Waals surface area contributed by atoms with E-state index in [1.807, 2.05) is 30.3 Å². The van der Waals surface area contributed by atoms with Gasteiger partial charge in [0, 0.05) is 6.42 Å². The maximum Gasteiger partial charge on any atom is 0.303 e. The van der Waals surface area contributed by atoms with Crippen molar-refractivity contribution >= 4 is 24.1 Å². The average Bonchev–Trinajstić information content (AvgIpc) is 2.70. The predicted octanol–water partition coefficient (Wildman–Crippen LogP) is -0.370. The normalized spacial score (nSPS) is 13.7. The molecule has 0 spiro atoms. The van der Waals surface area contributed by atoms with Crippen molar-refractivity contribution in [1.29, 1.82) is 0 Å². The number of nitrogens with one attached hydrogen (secondary N) is 2. The summed E-state index contributed by atoms with van der Waals surface area (Å²) >= 11 is 0. The van der Waals surface area contributed by atoms with Crippen LogP contribution in [0.15, 0.2) is 30.3 Å². The molecule has 9 nitrogen and oxygen atoms in total. The second-order valence-corrected chi connectivity index (χ2v) is 6.75. The van der Waals surface area contributed by atoms with Gasteiger partial charge in [-0.2, -0.15) is 0 Å². The van der Waals surface area contributed by atoms with Gasteiger partial charge in [-0.15, -0.1) is 0 Å². The van der Waals surface area contributed by atoms with Crippen molar-refractivity contribution in [2.75, 3.05) is 6.54 Å². The number of carbonyl (C=O) groups excluding carboxylic acids is 3. The summed E-state index contributed by atoms with van der Waals surface area (Å²) in [5.74, 6) is -2.33. The van der Waals surface area contributed by atoms with Gasteiger partial charge in [0.05, 0.1) is 12.1 Å². The van der Waals surface area contributed by atoms with Crippen LogP contribution in [0.2, 0.25) is 0 Å². The Bertz CT molecular complexity index is 668. The van der Waals surface area contributed by atoms with E-state index >= 15 is 0 Å². The molecule has 0 saturated heterocycles. The number of rotatable bonds is 14. The highest BCUT2D eigenvalue weighted by molar-refractivity contribution is 5.91. The molecule has 0 bridgehead atoms. The molecule has 2 amide bonds. The molecule has 159 valence electrons. The SMILES string of the molecule is NCCCC[C@@H]([C]=O)NC(=O)[C@H](CCC(=O)O)NC(=O)[C@@H](N)Cc1ccccc1. The van der Waals surface area contributed by atoms with E-state index in [4.69, 9.17) is 16.6 Å². The van der Waals surface area contributed by atoms with Gasteiger partial charge >= 0.3 is 5.97 Å². The van der Waals surface area contributed by atoms with Crippen molar-refractivity contribution in [2.45, 2.75) is 56.7 Å². The highest BCUT2D eigenvalue weighted by atomic mass is 16.4. The van der Waals surface area contributed by atoms with Crippen LogP contribution in [-0.2, 0) is 25.6 Å². The Labute approximate surface area is 170 Å². The molecule has 1 rings (SSSR count). The second-order valence-electron chi connectivity index (χ2n) is 6.75. The molecule has 0 fully saturated rings. The Morgan fingerprint density at radius 2 is 1.72 bits per heavy atom. The van der Waals surface area contributed by atoms with Crippen LogP contribution in [0.25, 0.3) is 0 Å². The Morgan fingerprint density at radius 3 is 2.31 bits per heavy atom. The van der Waals surface area contributed by atoms with E-state index in [-0.39, 0.29) is 19.3 Å². The van der Waals surface area contributed by atoms with Crippen molar-refractivity contribution in [3.8, 4) is 0 Å². The third-order valence-electron chi connectivity index (χ3n) is 4.32. The van der Waals surface area contributed by atoms with Crippen LogP contribution in [0.4, 0.5) is 0 Å². The summed E-state index contributed by atoms with van der Waals surface area (Å²) < 4.78 is 0. The molecule has 1 aromatic carbocycles. The monoisotopic (exact) mass is 405 g/mol. The zero-order chi connectivity index (χ0) is 21.6. The highest BCUT2D eigenvalue weighted by Gasteiger charge is 2.26. The smallest absolute Gasteiger partial charge is 0.303 e. The number of unbranched alkanes of at least 4 members (excludes halogenated alkanes) is 1. The molecule has 7 N–H and O–H groups in total. The molecule has 9 heteroatoms. The molecule has 0 aromatic heterocycles. The number of nitrogens with two attached hydrogens (primary N) is 2. The Kier molecular flexibility index (Phi) is 11.2. The van der Waals surface area contributed by atoms with Gasteiger partial charge < -0.3 is 27.2 Å². The lowest BCUT2D eigenvalue weighted by Crippen LogP contribution is -2.54. The molecule has 0 aliphatic heterocycles. The summed E-state index contributed by atoms with van der Waals surface area (Å²) in [7, 11) is 0. The minimum absolute atomic E-state index is 0.126. The summed E-state index contributed by atoms with van der Waals surface area (Å²) in [5, 5.41) is 13.9. The van der Waals surface area contributed by atoms with Crippen molar-refractivity contribution in [1.82, 2.24) is 10.6 Å². The molecule has 1 aromatic rings. The average molecular weight is 405 g/mol. The summed E-state index contributed by atoms with van der Waals surface area (Å²) in [5.41, 5.74) is 12.2. The lowest BCUT2D eigenvalue weighted by atomic mass is 10.0. The number of carboxylic acid groups (broad SMARTS) is 1. The molecule has 1 radical (unpaired) electrons. The zero-order valence-electron chi connectivity index (χ0n) is 16.3. The highest BCUT2D eigenvalue weighted by Crippen LogP contribution is 2.05. The number of hydrogen-bond acceptors (Lipinski definition) is 6. The lowest BCUT2D eigenvalue weighted by molar-refractivity contribution is -0.138. The number of aliphatic carboxylic acids is 1. The third kappa shape index (κ3) is 9.82. The second kappa shape index (κ2) is 13.4. The standard InChI is InChI=1S/C20H29N4O5/c21-11-5-4-8-15(13-25)23-20(29)17(9-10-18(26)27)24-19(28)16(22)12-14-6-2-1-3-7-14/h1-3,6-7,15-17H,4-5,8-12,21-22H2,(H,23,29)(H,24,28)(H,26,27)/t15-,16-,17-/m0/s1. The summed E-state index contributed by atoms with van der Waals surface area (Å²) in [6.07, 6.45) is 3.25. The van der Waals surface area contributed by atoms with Crippen LogP contribution in [0.5, 0.6) is 0 Å². The van der Waals surface area contributed by atoms with Gasteiger partial charge in [0.15, 0.2) is 0 Å². The van der Waals surface area contributed by atoms with E-state index < -0.39 is 35.9 Å². The van der Waals surface area contributed by atoms with Gasteiger partial charge in [-0.3, -0.25) is 19.2 Å². The van der Waals surface area contributed by atoms with E-state index in [1.165, 1.54) is 0 Å². The minimum atomic E-state index is -1.12. The number of amides is 2. The van der Waals surface area contributed by atoms with E-state index in [2.05, 4.69) is 10.6 Å². The first-order valence-corrected chi connectivity index (χ1v) is 9.57. The van der Waals surface area contributed by atoms with Gasteiger partial charge in [-0.1, -0.05) is 30.3 Å². The molecule has 0 unspecified atom stereocenters. The fourth-order valence-electron chi connectivity index (χ4n) is 2.70. The minimum Gasteiger partial charge on any atom is -0.481 e. The van der Waals surface area contributed by atoms with Gasteiger partial charge in [0.1, 0.15) is 6.04 Å². The van der Waals surface area contributed by atoms with E-state index in [9.17, 15) is 19.2 Å². The third-order valence-corrected chi connectivity index (χ3v) is 4.32. The van der Waals surface area contributed by atoms with Crippen LogP contribution < -0.4 is 22.1 Å².